The second-order valence-electron chi connectivity index (χ2n) is 10.6. The first-order valence-corrected chi connectivity index (χ1v) is 16.1. The van der Waals surface area contributed by atoms with Crippen molar-refractivity contribution in [3.05, 3.63) is 83.4 Å². The number of hydrogen-bond acceptors (Lipinski definition) is 6. The number of carboxylic acid groups (broad SMARTS) is 1. The minimum atomic E-state index is -0.719. The van der Waals surface area contributed by atoms with Crippen LogP contribution >= 0.6 is 24.0 Å². The first-order valence-electron chi connectivity index (χ1n) is 14.8. The number of thioether (sulfide) groups is 1. The number of ether oxygens (including phenoxy) is 1. The van der Waals surface area contributed by atoms with Crippen LogP contribution in [0.4, 0.5) is 0 Å². The van der Waals surface area contributed by atoms with Crippen molar-refractivity contribution in [3.63, 3.8) is 0 Å². The van der Waals surface area contributed by atoms with Crippen LogP contribution in [0.2, 0.25) is 0 Å². The largest absolute Gasteiger partial charge is 0.489 e. The summed E-state index contributed by atoms with van der Waals surface area (Å²) >= 11 is 6.95. The number of nitrogens with zero attached hydrogens (tertiary/aromatic N) is 3. The highest BCUT2D eigenvalue weighted by Gasteiger charge is 2.32. The fraction of sp³-hybridized carbons (Fsp3) is 0.353. The summed E-state index contributed by atoms with van der Waals surface area (Å²) < 4.78 is 8.19. The van der Waals surface area contributed by atoms with E-state index in [4.69, 9.17) is 27.2 Å². The molecule has 1 aliphatic heterocycles. The van der Waals surface area contributed by atoms with Crippen LogP contribution in [-0.2, 0) is 9.59 Å². The number of aliphatic carboxylic acids is 1. The molecule has 0 unspecified atom stereocenters. The van der Waals surface area contributed by atoms with E-state index in [0.29, 0.717) is 22.4 Å². The third kappa shape index (κ3) is 9.15. The molecule has 9 heteroatoms. The smallest absolute Gasteiger partial charge is 0.303 e. The van der Waals surface area contributed by atoms with Crippen LogP contribution in [0.5, 0.6) is 5.75 Å². The van der Waals surface area contributed by atoms with Crippen LogP contribution in [0.25, 0.3) is 23.0 Å². The molecule has 0 radical (unpaired) electrons. The van der Waals surface area contributed by atoms with E-state index in [9.17, 15) is 9.59 Å². The Morgan fingerprint density at radius 2 is 1.74 bits per heavy atom. The molecule has 1 aromatic heterocycles. The van der Waals surface area contributed by atoms with E-state index in [-0.39, 0.29) is 12.3 Å². The topological polar surface area (TPSA) is 84.7 Å². The van der Waals surface area contributed by atoms with E-state index >= 15 is 0 Å². The first kappa shape index (κ1) is 32.2. The second-order valence-corrected chi connectivity index (χ2v) is 12.3. The third-order valence-electron chi connectivity index (χ3n) is 7.25. The van der Waals surface area contributed by atoms with Gasteiger partial charge in [-0.15, -0.1) is 0 Å². The molecular formula is C34H39N3O4S2. The Morgan fingerprint density at radius 3 is 2.42 bits per heavy atom. The number of amides is 1. The number of carboxylic acids is 1. The zero-order chi connectivity index (χ0) is 30.6. The lowest BCUT2D eigenvalue weighted by Crippen LogP contribution is -2.29. The lowest BCUT2D eigenvalue weighted by atomic mass is 10.0. The van der Waals surface area contributed by atoms with Gasteiger partial charge in [0, 0.05) is 30.3 Å². The highest BCUT2D eigenvalue weighted by molar-refractivity contribution is 8.26. The molecule has 226 valence electrons. The average molecular weight is 618 g/mol. The number of hydrogen-bond donors (Lipinski definition) is 1. The van der Waals surface area contributed by atoms with Crippen LogP contribution in [0.1, 0.15) is 68.9 Å². The maximum absolute atomic E-state index is 13.4. The van der Waals surface area contributed by atoms with Crippen LogP contribution < -0.4 is 4.74 Å². The number of thiocarbonyl (C=S) groups is 1. The number of benzene rings is 2. The Kier molecular flexibility index (Phi) is 12.2. The van der Waals surface area contributed by atoms with Crippen molar-refractivity contribution >= 4 is 46.3 Å². The molecule has 3 aromatic rings. The predicted molar refractivity (Wildman–Crippen MR) is 178 cm³/mol. The average Bonchev–Trinajstić information content (AvgIpc) is 3.53. The number of carbonyl (C=O) groups is 2. The highest BCUT2D eigenvalue weighted by Crippen LogP contribution is 2.36. The predicted octanol–water partition coefficient (Wildman–Crippen LogP) is 8.21. The van der Waals surface area contributed by atoms with E-state index in [1.807, 2.05) is 66.3 Å². The molecular weight excluding hydrogens is 579 g/mol. The van der Waals surface area contributed by atoms with Crippen molar-refractivity contribution in [1.82, 2.24) is 14.7 Å². The van der Waals surface area contributed by atoms with Gasteiger partial charge in [-0.3, -0.25) is 14.5 Å². The van der Waals surface area contributed by atoms with Gasteiger partial charge in [-0.2, -0.15) is 5.10 Å². The Hall–Kier alpha value is -3.69. The van der Waals surface area contributed by atoms with E-state index < -0.39 is 5.97 Å². The standard InChI is InChI=1S/C34H39N3O4S2/c1-3-21-41-29-19-18-26(22-25(29)2)32-27(24-37(35-32)28-15-11-10-12-16-28)23-30-33(40)36(34(42)43-30)20-14-9-7-5-4-6-8-13-17-31(38)39/h3,10-12,15-16,18-19,22-24H,1,4-9,13-14,17,20-21H2,2H3,(H,38,39)/b30-23-. The summed E-state index contributed by atoms with van der Waals surface area (Å²) in [7, 11) is 0. The van der Waals surface area contributed by atoms with Crippen molar-refractivity contribution in [1.29, 1.82) is 0 Å². The van der Waals surface area contributed by atoms with Crippen LogP contribution in [-0.4, -0.2) is 49.1 Å². The summed E-state index contributed by atoms with van der Waals surface area (Å²) in [6.45, 7) is 6.78. The van der Waals surface area contributed by atoms with E-state index in [2.05, 4.69) is 12.6 Å². The summed E-state index contributed by atoms with van der Waals surface area (Å²) in [4.78, 5) is 26.3. The van der Waals surface area contributed by atoms with Gasteiger partial charge in [-0.25, -0.2) is 4.68 Å². The van der Waals surface area contributed by atoms with Gasteiger partial charge in [0.05, 0.1) is 10.6 Å². The minimum absolute atomic E-state index is 0.0591. The number of aryl methyl sites for hydroxylation is 1. The Bertz CT molecular complexity index is 1470. The number of para-hydroxylation sites is 1. The maximum Gasteiger partial charge on any atom is 0.303 e. The van der Waals surface area contributed by atoms with Crippen molar-refractivity contribution in [2.75, 3.05) is 13.2 Å². The summed E-state index contributed by atoms with van der Waals surface area (Å²) in [5, 5.41) is 13.6. The molecule has 1 aliphatic rings. The Balaban J connectivity index is 1.42. The number of aromatic nitrogens is 2. The lowest BCUT2D eigenvalue weighted by Gasteiger charge is -2.14. The molecule has 0 atom stereocenters. The zero-order valence-corrected chi connectivity index (χ0v) is 26.3. The van der Waals surface area contributed by atoms with Gasteiger partial charge in [-0.05, 0) is 61.7 Å². The summed E-state index contributed by atoms with van der Waals surface area (Å²) in [5.41, 5.74) is 4.46. The molecule has 4 rings (SSSR count). The molecule has 0 saturated carbocycles. The molecule has 2 heterocycles. The van der Waals surface area contributed by atoms with Crippen molar-refractivity contribution in [3.8, 4) is 22.7 Å². The van der Waals surface area contributed by atoms with Crippen LogP contribution in [0.3, 0.4) is 0 Å². The summed E-state index contributed by atoms with van der Waals surface area (Å²) in [6, 6.07) is 15.9. The van der Waals surface area contributed by atoms with Gasteiger partial charge in [0.2, 0.25) is 0 Å². The normalized spacial score (nSPS) is 14.1. The fourth-order valence-corrected chi connectivity index (χ4v) is 6.28. The van der Waals surface area contributed by atoms with Crippen LogP contribution in [0, 0.1) is 6.92 Å². The Labute approximate surface area is 263 Å². The minimum Gasteiger partial charge on any atom is -0.489 e. The SMILES string of the molecule is C=CCOc1ccc(-c2nn(-c3ccccc3)cc2/C=C2\SC(=S)N(CCCCCCCCCCC(=O)O)C2=O)cc1C. The molecule has 43 heavy (non-hydrogen) atoms. The molecule has 1 saturated heterocycles. The van der Waals surface area contributed by atoms with Gasteiger partial charge in [0.1, 0.15) is 22.4 Å². The second kappa shape index (κ2) is 16.2. The first-order chi connectivity index (χ1) is 20.9. The van der Waals surface area contributed by atoms with Gasteiger partial charge in [0.15, 0.2) is 0 Å². The van der Waals surface area contributed by atoms with Gasteiger partial charge in [0.25, 0.3) is 5.91 Å². The van der Waals surface area contributed by atoms with Gasteiger partial charge < -0.3 is 9.84 Å². The number of unbranched alkanes of at least 4 members (excludes halogenated alkanes) is 7. The fourth-order valence-electron chi connectivity index (χ4n) is 4.98. The van der Waals surface area contributed by atoms with E-state index in [1.165, 1.54) is 11.8 Å². The molecule has 0 spiro atoms. The molecule has 1 fully saturated rings. The van der Waals surface area contributed by atoms with E-state index in [0.717, 1.165) is 85.2 Å². The maximum atomic E-state index is 13.4. The van der Waals surface area contributed by atoms with Crippen molar-refractivity contribution < 1.29 is 19.4 Å². The molecule has 1 amide bonds. The van der Waals surface area contributed by atoms with Crippen molar-refractivity contribution in [2.24, 2.45) is 0 Å². The Morgan fingerprint density at radius 1 is 1.05 bits per heavy atom. The lowest BCUT2D eigenvalue weighted by molar-refractivity contribution is -0.137. The zero-order valence-electron chi connectivity index (χ0n) is 24.7. The van der Waals surface area contributed by atoms with Gasteiger partial charge >= 0.3 is 5.97 Å². The number of carbonyl (C=O) groups excluding carboxylic acids is 1. The van der Waals surface area contributed by atoms with Crippen LogP contribution in [0.15, 0.2) is 72.3 Å². The number of rotatable bonds is 17. The highest BCUT2D eigenvalue weighted by atomic mass is 32.2. The molecule has 0 bridgehead atoms. The quantitative estimate of drug-likeness (QED) is 0.0707. The molecule has 1 N–H and O–H groups in total. The van der Waals surface area contributed by atoms with E-state index in [1.54, 1.807) is 11.0 Å². The summed E-state index contributed by atoms with van der Waals surface area (Å²) in [5.74, 6) is 0.0177. The van der Waals surface area contributed by atoms with Gasteiger partial charge in [-0.1, -0.05) is 93.4 Å². The third-order valence-corrected chi connectivity index (χ3v) is 8.63. The molecule has 7 nitrogen and oxygen atoms in total. The summed E-state index contributed by atoms with van der Waals surface area (Å²) in [6.07, 6.45) is 13.9. The van der Waals surface area contributed by atoms with Crippen molar-refractivity contribution in [2.45, 2.75) is 64.7 Å². The monoisotopic (exact) mass is 617 g/mol. The molecule has 0 aliphatic carbocycles. The molecule has 2 aromatic carbocycles.